The Labute approximate surface area is 153 Å². The molecule has 0 saturated heterocycles. The number of benzene rings is 1. The number of aromatic nitrogens is 1. The first kappa shape index (κ1) is 17.3. The van der Waals surface area contributed by atoms with E-state index in [0.29, 0.717) is 5.69 Å². The highest BCUT2D eigenvalue weighted by Crippen LogP contribution is 2.28. The molecule has 25 heavy (non-hydrogen) atoms. The number of thiophene rings is 1. The van der Waals surface area contributed by atoms with Crippen LogP contribution in [0.3, 0.4) is 0 Å². The van der Waals surface area contributed by atoms with Gasteiger partial charge in [-0.3, -0.25) is 9.59 Å². The normalized spacial score (nSPS) is 11.7. The zero-order chi connectivity index (χ0) is 17.6. The number of esters is 1. The zero-order valence-electron chi connectivity index (χ0n) is 13.5. The van der Waals surface area contributed by atoms with Gasteiger partial charge < -0.3 is 10.1 Å². The van der Waals surface area contributed by atoms with Crippen LogP contribution in [0, 0.1) is 0 Å². The van der Waals surface area contributed by atoms with E-state index in [9.17, 15) is 9.59 Å². The molecule has 1 amide bonds. The molecule has 128 valence electrons. The lowest BCUT2D eigenvalue weighted by Crippen LogP contribution is -2.30. The molecule has 2 aromatic heterocycles. The second kappa shape index (κ2) is 8.04. The van der Waals surface area contributed by atoms with Crippen LogP contribution < -0.4 is 5.32 Å². The van der Waals surface area contributed by atoms with Gasteiger partial charge in [-0.05, 0) is 17.0 Å². The number of ether oxygens (including phenoxy) is 1. The van der Waals surface area contributed by atoms with Gasteiger partial charge in [-0.25, -0.2) is 4.98 Å². The first-order valence-corrected chi connectivity index (χ1v) is 9.35. The highest BCUT2D eigenvalue weighted by molar-refractivity contribution is 7.20. The molecular formula is C18H16N2O3S2. The average Bonchev–Trinajstić information content (AvgIpc) is 3.33. The lowest BCUT2D eigenvalue weighted by molar-refractivity contribution is -0.141. The number of methoxy groups -OCH3 is 1. The van der Waals surface area contributed by atoms with Crippen molar-refractivity contribution in [3.8, 4) is 9.88 Å². The molecular weight excluding hydrogens is 356 g/mol. The van der Waals surface area contributed by atoms with Crippen molar-refractivity contribution < 1.29 is 14.3 Å². The van der Waals surface area contributed by atoms with Crippen LogP contribution in [0.5, 0.6) is 0 Å². The van der Waals surface area contributed by atoms with Crippen LogP contribution in [-0.2, 0) is 9.53 Å². The smallest absolute Gasteiger partial charge is 0.307 e. The minimum atomic E-state index is -0.465. The molecule has 0 spiro atoms. The van der Waals surface area contributed by atoms with Crippen LogP contribution in [0.1, 0.15) is 28.5 Å². The summed E-state index contributed by atoms with van der Waals surface area (Å²) in [6.45, 7) is 0. The van der Waals surface area contributed by atoms with E-state index < -0.39 is 6.04 Å². The minimum absolute atomic E-state index is 0.0637. The van der Waals surface area contributed by atoms with Crippen molar-refractivity contribution in [2.75, 3.05) is 7.11 Å². The van der Waals surface area contributed by atoms with Gasteiger partial charge in [0.15, 0.2) is 0 Å². The second-order valence-corrected chi connectivity index (χ2v) is 7.04. The van der Waals surface area contributed by atoms with E-state index >= 15 is 0 Å². The molecule has 5 nitrogen and oxygen atoms in total. The summed E-state index contributed by atoms with van der Waals surface area (Å²) in [5.41, 5.74) is 1.19. The SMILES string of the molecule is COC(=O)C[C@H](NC(=O)c1csc(-c2cccs2)n1)c1ccccc1. The summed E-state index contributed by atoms with van der Waals surface area (Å²) in [4.78, 5) is 29.7. The Morgan fingerprint density at radius 2 is 1.96 bits per heavy atom. The maximum absolute atomic E-state index is 12.6. The maximum atomic E-state index is 12.6. The van der Waals surface area contributed by atoms with E-state index in [1.807, 2.05) is 47.8 Å². The van der Waals surface area contributed by atoms with Crippen LogP contribution in [0.25, 0.3) is 9.88 Å². The molecule has 0 bridgehead atoms. The van der Waals surface area contributed by atoms with Gasteiger partial charge in [0.05, 0.1) is 24.4 Å². The molecule has 0 fully saturated rings. The molecule has 0 saturated carbocycles. The molecule has 0 radical (unpaired) electrons. The van der Waals surface area contributed by atoms with E-state index in [-0.39, 0.29) is 18.3 Å². The summed E-state index contributed by atoms with van der Waals surface area (Å²) in [5, 5.41) is 7.39. The summed E-state index contributed by atoms with van der Waals surface area (Å²) < 4.78 is 4.74. The Morgan fingerprint density at radius 1 is 1.16 bits per heavy atom. The van der Waals surface area contributed by atoms with Crippen LogP contribution >= 0.6 is 22.7 Å². The molecule has 1 aromatic carbocycles. The van der Waals surface area contributed by atoms with Crippen molar-refractivity contribution >= 4 is 34.6 Å². The minimum Gasteiger partial charge on any atom is -0.469 e. The largest absolute Gasteiger partial charge is 0.469 e. The second-order valence-electron chi connectivity index (χ2n) is 5.23. The van der Waals surface area contributed by atoms with Crippen molar-refractivity contribution in [2.45, 2.75) is 12.5 Å². The van der Waals surface area contributed by atoms with Crippen LogP contribution in [0.4, 0.5) is 0 Å². The van der Waals surface area contributed by atoms with Crippen LogP contribution in [0.2, 0.25) is 0 Å². The summed E-state index contributed by atoms with van der Waals surface area (Å²) in [6.07, 6.45) is 0.0637. The molecule has 3 aromatic rings. The lowest BCUT2D eigenvalue weighted by atomic mass is 10.0. The monoisotopic (exact) mass is 372 g/mol. The number of amides is 1. The Hall–Kier alpha value is -2.51. The third-order valence-electron chi connectivity index (χ3n) is 3.57. The molecule has 0 aliphatic heterocycles. The van der Waals surface area contributed by atoms with Crippen LogP contribution in [-0.4, -0.2) is 24.0 Å². The molecule has 2 heterocycles. The number of nitrogens with zero attached hydrogens (tertiary/aromatic N) is 1. The average molecular weight is 372 g/mol. The van der Waals surface area contributed by atoms with E-state index in [0.717, 1.165) is 15.4 Å². The van der Waals surface area contributed by atoms with Crippen molar-refractivity contribution in [1.29, 1.82) is 0 Å². The quantitative estimate of drug-likeness (QED) is 0.666. The van der Waals surface area contributed by atoms with E-state index in [2.05, 4.69) is 10.3 Å². The van der Waals surface area contributed by atoms with Crippen molar-refractivity contribution in [1.82, 2.24) is 10.3 Å². The third-order valence-corrected chi connectivity index (χ3v) is 5.46. The number of hydrogen-bond donors (Lipinski definition) is 1. The topological polar surface area (TPSA) is 68.3 Å². The highest BCUT2D eigenvalue weighted by Gasteiger charge is 2.21. The first-order valence-electron chi connectivity index (χ1n) is 7.59. The van der Waals surface area contributed by atoms with E-state index in [4.69, 9.17) is 4.74 Å². The Balaban J connectivity index is 1.77. The van der Waals surface area contributed by atoms with Gasteiger partial charge in [0.1, 0.15) is 10.7 Å². The Bertz CT molecular complexity index is 844. The number of hydrogen-bond acceptors (Lipinski definition) is 6. The maximum Gasteiger partial charge on any atom is 0.307 e. The predicted molar refractivity (Wildman–Crippen MR) is 98.7 cm³/mol. The number of thiazole rings is 1. The molecule has 0 aliphatic carbocycles. The van der Waals surface area contributed by atoms with Gasteiger partial charge in [-0.1, -0.05) is 36.4 Å². The summed E-state index contributed by atoms with van der Waals surface area (Å²) in [6, 6.07) is 12.8. The van der Waals surface area contributed by atoms with Gasteiger partial charge in [0, 0.05) is 5.38 Å². The number of nitrogens with one attached hydrogen (secondary N) is 1. The van der Waals surface area contributed by atoms with E-state index in [1.165, 1.54) is 18.4 Å². The summed E-state index contributed by atoms with van der Waals surface area (Å²) in [7, 11) is 1.33. The number of carbonyl (C=O) groups is 2. The van der Waals surface area contributed by atoms with Gasteiger partial charge in [-0.15, -0.1) is 22.7 Å². The molecule has 7 heteroatoms. The van der Waals surface area contributed by atoms with Crippen molar-refractivity contribution in [3.05, 3.63) is 64.5 Å². The Morgan fingerprint density at radius 3 is 2.64 bits per heavy atom. The molecule has 1 N–H and O–H groups in total. The van der Waals surface area contributed by atoms with Crippen molar-refractivity contribution in [2.24, 2.45) is 0 Å². The molecule has 1 atom stereocenters. The highest BCUT2D eigenvalue weighted by atomic mass is 32.1. The number of rotatable bonds is 6. The Kier molecular flexibility index (Phi) is 5.57. The zero-order valence-corrected chi connectivity index (χ0v) is 15.1. The molecule has 0 unspecified atom stereocenters. The first-order chi connectivity index (χ1) is 12.2. The van der Waals surface area contributed by atoms with Crippen LogP contribution in [0.15, 0.2) is 53.2 Å². The fourth-order valence-electron chi connectivity index (χ4n) is 2.31. The standard InChI is InChI=1S/C18H16N2O3S2/c1-23-16(21)10-13(12-6-3-2-4-7-12)19-17(22)14-11-25-18(20-14)15-8-5-9-24-15/h2-9,11,13H,10H2,1H3,(H,19,22)/t13-/m0/s1. The number of carbonyl (C=O) groups excluding carboxylic acids is 2. The van der Waals surface area contributed by atoms with Crippen molar-refractivity contribution in [3.63, 3.8) is 0 Å². The van der Waals surface area contributed by atoms with E-state index in [1.54, 1.807) is 16.7 Å². The fraction of sp³-hybridized carbons (Fsp3) is 0.167. The summed E-state index contributed by atoms with van der Waals surface area (Å²) >= 11 is 3.00. The predicted octanol–water partition coefficient (Wildman–Crippen LogP) is 3.91. The van der Waals surface area contributed by atoms with Gasteiger partial charge >= 0.3 is 5.97 Å². The third kappa shape index (κ3) is 4.32. The van der Waals surface area contributed by atoms with Gasteiger partial charge in [0.25, 0.3) is 5.91 Å². The fourth-order valence-corrected chi connectivity index (χ4v) is 3.93. The van der Waals surface area contributed by atoms with Gasteiger partial charge in [0.2, 0.25) is 0 Å². The summed E-state index contributed by atoms with van der Waals surface area (Å²) in [5.74, 6) is -0.691. The molecule has 3 rings (SSSR count). The molecule has 0 aliphatic rings. The lowest BCUT2D eigenvalue weighted by Gasteiger charge is -2.17. The van der Waals surface area contributed by atoms with Gasteiger partial charge in [-0.2, -0.15) is 0 Å².